The second-order valence-electron chi connectivity index (χ2n) is 5.42. The smallest absolute Gasteiger partial charge is 0.00914 e. The molecule has 2 heteroatoms. The van der Waals surface area contributed by atoms with E-state index in [1.165, 1.54) is 45.3 Å². The van der Waals surface area contributed by atoms with E-state index in [0.29, 0.717) is 5.41 Å². The van der Waals surface area contributed by atoms with Gasteiger partial charge in [-0.15, -0.1) is 0 Å². The van der Waals surface area contributed by atoms with E-state index in [1.807, 2.05) is 0 Å². The largest absolute Gasteiger partial charge is 0.317 e. The zero-order chi connectivity index (χ0) is 10.0. The van der Waals surface area contributed by atoms with E-state index in [1.54, 1.807) is 0 Å². The van der Waals surface area contributed by atoms with Crippen LogP contribution >= 0.6 is 0 Å². The predicted octanol–water partition coefficient (Wildman–Crippen LogP) is 1.76. The third kappa shape index (κ3) is 2.29. The minimum Gasteiger partial charge on any atom is -0.317 e. The summed E-state index contributed by atoms with van der Waals surface area (Å²) < 4.78 is 0. The average Bonchev–Trinajstić information content (AvgIpc) is 2.97. The molecule has 82 valence electrons. The summed E-state index contributed by atoms with van der Waals surface area (Å²) in [5.74, 6) is 0.858. The molecule has 0 atom stereocenters. The Bertz CT molecular complexity index is 179. The van der Waals surface area contributed by atoms with E-state index in [2.05, 4.69) is 24.5 Å². The fourth-order valence-electron chi connectivity index (χ4n) is 2.49. The summed E-state index contributed by atoms with van der Waals surface area (Å²) >= 11 is 0. The lowest BCUT2D eigenvalue weighted by Gasteiger charge is -2.28. The summed E-state index contributed by atoms with van der Waals surface area (Å²) in [6.45, 7) is 8.40. The highest BCUT2D eigenvalue weighted by Crippen LogP contribution is 2.51. The Kier molecular flexibility index (Phi) is 3.13. The van der Waals surface area contributed by atoms with Gasteiger partial charge in [0.1, 0.15) is 0 Å². The van der Waals surface area contributed by atoms with Crippen LogP contribution in [0, 0.1) is 11.3 Å². The molecule has 0 radical (unpaired) electrons. The lowest BCUT2D eigenvalue weighted by molar-refractivity contribution is 0.296. The second-order valence-corrected chi connectivity index (χ2v) is 5.42. The van der Waals surface area contributed by atoms with Crippen molar-refractivity contribution in [3.05, 3.63) is 0 Å². The van der Waals surface area contributed by atoms with Gasteiger partial charge in [0.05, 0.1) is 0 Å². The number of hydrogen-bond acceptors (Lipinski definition) is 2. The van der Waals surface area contributed by atoms with Crippen LogP contribution in [0.5, 0.6) is 0 Å². The van der Waals surface area contributed by atoms with Gasteiger partial charge in [0, 0.05) is 12.6 Å². The Morgan fingerprint density at radius 1 is 1.29 bits per heavy atom. The van der Waals surface area contributed by atoms with Gasteiger partial charge >= 0.3 is 0 Å². The van der Waals surface area contributed by atoms with Crippen molar-refractivity contribution in [3.63, 3.8) is 0 Å². The van der Waals surface area contributed by atoms with Gasteiger partial charge in [0.15, 0.2) is 0 Å². The number of rotatable bonds is 4. The molecule has 1 aliphatic carbocycles. The van der Waals surface area contributed by atoms with Gasteiger partial charge in [-0.1, -0.05) is 13.8 Å². The van der Waals surface area contributed by atoms with Crippen molar-refractivity contribution in [1.82, 2.24) is 10.6 Å². The first-order valence-corrected chi connectivity index (χ1v) is 6.17. The maximum Gasteiger partial charge on any atom is 0.00914 e. The third-order valence-electron chi connectivity index (χ3n) is 4.20. The monoisotopic (exact) mass is 196 g/mol. The van der Waals surface area contributed by atoms with Crippen LogP contribution in [0.15, 0.2) is 0 Å². The van der Waals surface area contributed by atoms with Crippen molar-refractivity contribution in [2.24, 2.45) is 11.3 Å². The van der Waals surface area contributed by atoms with Crippen LogP contribution in [0.3, 0.4) is 0 Å². The van der Waals surface area contributed by atoms with E-state index < -0.39 is 0 Å². The molecule has 0 amide bonds. The number of piperidine rings is 1. The van der Waals surface area contributed by atoms with E-state index >= 15 is 0 Å². The normalized spacial score (nSPS) is 26.8. The highest BCUT2D eigenvalue weighted by atomic mass is 15.0. The fraction of sp³-hybridized carbons (Fsp3) is 1.00. The van der Waals surface area contributed by atoms with E-state index in [4.69, 9.17) is 0 Å². The Morgan fingerprint density at radius 3 is 2.43 bits per heavy atom. The quantitative estimate of drug-likeness (QED) is 0.716. The van der Waals surface area contributed by atoms with E-state index in [0.717, 1.165) is 12.0 Å². The number of hydrogen-bond donors (Lipinski definition) is 2. The molecule has 0 aromatic rings. The molecular formula is C12H24N2. The van der Waals surface area contributed by atoms with Crippen molar-refractivity contribution in [2.45, 2.75) is 45.6 Å². The van der Waals surface area contributed by atoms with E-state index in [-0.39, 0.29) is 0 Å². The minimum atomic E-state index is 0.672. The molecule has 0 aromatic heterocycles. The van der Waals surface area contributed by atoms with Gasteiger partial charge in [-0.05, 0) is 50.1 Å². The molecule has 0 spiro atoms. The van der Waals surface area contributed by atoms with Crippen LogP contribution in [0.1, 0.15) is 39.5 Å². The molecule has 1 heterocycles. The molecule has 0 unspecified atom stereocenters. The highest BCUT2D eigenvalue weighted by molar-refractivity contribution is 4.97. The molecule has 0 bridgehead atoms. The van der Waals surface area contributed by atoms with Crippen LogP contribution < -0.4 is 10.6 Å². The zero-order valence-corrected chi connectivity index (χ0v) is 9.60. The Labute approximate surface area is 87.8 Å². The zero-order valence-electron chi connectivity index (χ0n) is 9.60. The van der Waals surface area contributed by atoms with Gasteiger partial charge in [-0.25, -0.2) is 0 Å². The van der Waals surface area contributed by atoms with Crippen molar-refractivity contribution in [3.8, 4) is 0 Å². The molecule has 2 fully saturated rings. The first-order valence-electron chi connectivity index (χ1n) is 6.17. The molecule has 1 saturated carbocycles. The van der Waals surface area contributed by atoms with Crippen molar-refractivity contribution in [1.29, 1.82) is 0 Å². The highest BCUT2D eigenvalue weighted by Gasteiger charge is 2.44. The van der Waals surface area contributed by atoms with Crippen LogP contribution in [0.4, 0.5) is 0 Å². The Morgan fingerprint density at radius 2 is 1.93 bits per heavy atom. The van der Waals surface area contributed by atoms with Gasteiger partial charge in [0.2, 0.25) is 0 Å². The van der Waals surface area contributed by atoms with Crippen molar-refractivity contribution >= 4 is 0 Å². The topological polar surface area (TPSA) is 24.1 Å². The van der Waals surface area contributed by atoms with Gasteiger partial charge in [0.25, 0.3) is 0 Å². The molecule has 1 saturated heterocycles. The lowest BCUT2D eigenvalue weighted by Crippen LogP contribution is -2.42. The first-order chi connectivity index (χ1) is 6.73. The maximum absolute atomic E-state index is 3.77. The van der Waals surface area contributed by atoms with Crippen LogP contribution in [0.25, 0.3) is 0 Å². The van der Waals surface area contributed by atoms with Crippen molar-refractivity contribution in [2.75, 3.05) is 19.6 Å². The minimum absolute atomic E-state index is 0.672. The summed E-state index contributed by atoms with van der Waals surface area (Å²) in [5, 5.41) is 7.18. The summed E-state index contributed by atoms with van der Waals surface area (Å²) in [5.41, 5.74) is 0.672. The van der Waals surface area contributed by atoms with Gasteiger partial charge < -0.3 is 10.6 Å². The maximum atomic E-state index is 3.77. The summed E-state index contributed by atoms with van der Waals surface area (Å²) in [6, 6.07) is 0.785. The molecular weight excluding hydrogens is 172 g/mol. The molecule has 2 nitrogen and oxygen atoms in total. The van der Waals surface area contributed by atoms with E-state index in [9.17, 15) is 0 Å². The first kappa shape index (κ1) is 10.4. The standard InChI is InChI=1S/C12H24N2/c1-10(2)12(5-6-12)9-14-11-3-7-13-8-4-11/h10-11,13-14H,3-9H2,1-2H3. The predicted molar refractivity (Wildman–Crippen MR) is 60.4 cm³/mol. The van der Waals surface area contributed by atoms with Crippen molar-refractivity contribution < 1.29 is 0 Å². The SMILES string of the molecule is CC(C)C1(CNC2CCNCC2)CC1. The number of nitrogens with one attached hydrogen (secondary N) is 2. The molecule has 2 aliphatic rings. The molecule has 0 aromatic carbocycles. The van der Waals surface area contributed by atoms with Gasteiger partial charge in [-0.3, -0.25) is 0 Å². The van der Waals surface area contributed by atoms with Crippen LogP contribution in [0.2, 0.25) is 0 Å². The lowest BCUT2D eigenvalue weighted by atomic mass is 9.91. The molecule has 2 rings (SSSR count). The Balaban J connectivity index is 1.71. The molecule has 1 aliphatic heterocycles. The average molecular weight is 196 g/mol. The fourth-order valence-corrected chi connectivity index (χ4v) is 2.49. The molecule has 2 N–H and O–H groups in total. The molecule has 14 heavy (non-hydrogen) atoms. The van der Waals surface area contributed by atoms with Crippen LogP contribution in [-0.4, -0.2) is 25.7 Å². The summed E-state index contributed by atoms with van der Waals surface area (Å²) in [4.78, 5) is 0. The third-order valence-corrected chi connectivity index (χ3v) is 4.20. The van der Waals surface area contributed by atoms with Crippen LogP contribution in [-0.2, 0) is 0 Å². The summed E-state index contributed by atoms with van der Waals surface area (Å²) in [6.07, 6.45) is 5.52. The Hall–Kier alpha value is -0.0800. The second kappa shape index (κ2) is 4.19. The van der Waals surface area contributed by atoms with Gasteiger partial charge in [-0.2, -0.15) is 0 Å². The summed E-state index contributed by atoms with van der Waals surface area (Å²) in [7, 11) is 0.